The van der Waals surface area contributed by atoms with Crippen LogP contribution in [0.25, 0.3) is 0 Å². The molecule has 0 radical (unpaired) electrons. The summed E-state index contributed by atoms with van der Waals surface area (Å²) in [7, 11) is 4.89. The Morgan fingerprint density at radius 1 is 1.18 bits per heavy atom. The molecule has 1 fully saturated rings. The number of hydrogen-bond acceptors (Lipinski definition) is 4. The van der Waals surface area contributed by atoms with E-state index in [1.165, 1.54) is 0 Å². The van der Waals surface area contributed by atoms with Crippen LogP contribution in [-0.2, 0) is 11.3 Å². The molecule has 0 atom stereocenters. The molecule has 0 saturated carbocycles. The van der Waals surface area contributed by atoms with E-state index in [1.54, 1.807) is 55.3 Å². The highest BCUT2D eigenvalue weighted by Crippen LogP contribution is 2.31. The van der Waals surface area contributed by atoms with Gasteiger partial charge in [0.2, 0.25) is 5.91 Å². The minimum Gasteiger partial charge on any atom is -0.497 e. The first-order valence-electron chi connectivity index (χ1n) is 9.01. The molecule has 6 nitrogen and oxygen atoms in total. The van der Waals surface area contributed by atoms with Crippen LogP contribution < -0.4 is 14.4 Å². The van der Waals surface area contributed by atoms with Crippen molar-refractivity contribution in [3.63, 3.8) is 0 Å². The summed E-state index contributed by atoms with van der Waals surface area (Å²) in [6.07, 6.45) is 1.26. The molecule has 7 heteroatoms. The number of methoxy groups -OCH3 is 2. The lowest BCUT2D eigenvalue weighted by molar-refractivity contribution is -0.117. The first-order valence-corrected chi connectivity index (χ1v) is 9.38. The van der Waals surface area contributed by atoms with Crippen molar-refractivity contribution >= 4 is 29.1 Å². The number of hydrogen-bond donors (Lipinski definition) is 0. The molecule has 2 aromatic carbocycles. The molecule has 1 saturated heterocycles. The maximum Gasteiger partial charge on any atom is 0.256 e. The highest BCUT2D eigenvalue weighted by Gasteiger charge is 2.27. The fourth-order valence-corrected chi connectivity index (χ4v) is 3.49. The van der Waals surface area contributed by atoms with Crippen LogP contribution in [-0.4, -0.2) is 44.5 Å². The van der Waals surface area contributed by atoms with Gasteiger partial charge in [-0.2, -0.15) is 0 Å². The van der Waals surface area contributed by atoms with Crippen LogP contribution in [0.15, 0.2) is 36.4 Å². The Labute approximate surface area is 169 Å². The Kier molecular flexibility index (Phi) is 6.09. The molecule has 28 heavy (non-hydrogen) atoms. The van der Waals surface area contributed by atoms with Crippen molar-refractivity contribution in [2.45, 2.75) is 19.4 Å². The first-order chi connectivity index (χ1) is 13.4. The van der Waals surface area contributed by atoms with Crippen molar-refractivity contribution in [3.8, 4) is 11.5 Å². The van der Waals surface area contributed by atoms with Crippen molar-refractivity contribution < 1.29 is 19.1 Å². The number of carbonyl (C=O) groups excluding carboxylic acids is 2. The second-order valence-corrected chi connectivity index (χ2v) is 7.09. The molecule has 0 N–H and O–H groups in total. The fourth-order valence-electron chi connectivity index (χ4n) is 3.33. The summed E-state index contributed by atoms with van der Waals surface area (Å²) >= 11 is 6.13. The average molecular weight is 403 g/mol. The summed E-state index contributed by atoms with van der Waals surface area (Å²) in [4.78, 5) is 28.6. The monoisotopic (exact) mass is 402 g/mol. The van der Waals surface area contributed by atoms with Crippen LogP contribution in [0, 0.1) is 0 Å². The molecule has 0 aliphatic carbocycles. The Balaban J connectivity index is 1.87. The number of nitrogens with zero attached hydrogens (tertiary/aromatic N) is 2. The van der Waals surface area contributed by atoms with Crippen LogP contribution >= 0.6 is 11.6 Å². The van der Waals surface area contributed by atoms with Crippen molar-refractivity contribution in [2.24, 2.45) is 0 Å². The highest BCUT2D eigenvalue weighted by molar-refractivity contribution is 6.31. The van der Waals surface area contributed by atoms with E-state index in [1.807, 2.05) is 12.1 Å². The van der Waals surface area contributed by atoms with E-state index in [2.05, 4.69) is 0 Å². The van der Waals surface area contributed by atoms with Crippen LogP contribution in [0.2, 0.25) is 5.02 Å². The lowest BCUT2D eigenvalue weighted by Gasteiger charge is -2.24. The predicted octanol–water partition coefficient (Wildman–Crippen LogP) is 3.76. The van der Waals surface area contributed by atoms with E-state index in [4.69, 9.17) is 21.1 Å². The van der Waals surface area contributed by atoms with Gasteiger partial charge in [0.15, 0.2) is 0 Å². The van der Waals surface area contributed by atoms with Gasteiger partial charge in [0.05, 0.1) is 25.5 Å². The molecule has 2 aromatic rings. The van der Waals surface area contributed by atoms with Crippen molar-refractivity contribution in [3.05, 3.63) is 52.5 Å². The molecule has 2 amide bonds. The molecule has 0 aromatic heterocycles. The van der Waals surface area contributed by atoms with E-state index in [0.717, 1.165) is 12.0 Å². The molecular formula is C21H23ClN2O4. The van der Waals surface area contributed by atoms with E-state index < -0.39 is 0 Å². The number of ether oxygens (including phenoxy) is 2. The van der Waals surface area contributed by atoms with Gasteiger partial charge in [-0.05, 0) is 36.8 Å². The third-order valence-corrected chi connectivity index (χ3v) is 5.04. The summed E-state index contributed by atoms with van der Waals surface area (Å²) in [5, 5.41) is 0.491. The molecular weight excluding hydrogens is 380 g/mol. The number of halogens is 1. The summed E-state index contributed by atoms with van der Waals surface area (Å²) in [6.45, 7) is 0.942. The van der Waals surface area contributed by atoms with Crippen LogP contribution in [0.4, 0.5) is 5.69 Å². The van der Waals surface area contributed by atoms with Gasteiger partial charge < -0.3 is 19.3 Å². The van der Waals surface area contributed by atoms with E-state index in [0.29, 0.717) is 47.3 Å². The molecule has 1 aliphatic heterocycles. The van der Waals surface area contributed by atoms with Gasteiger partial charge in [-0.3, -0.25) is 9.59 Å². The molecule has 1 heterocycles. The Morgan fingerprint density at radius 3 is 2.61 bits per heavy atom. The minimum absolute atomic E-state index is 0.00999. The summed E-state index contributed by atoms with van der Waals surface area (Å²) < 4.78 is 10.6. The smallest absolute Gasteiger partial charge is 0.256 e. The number of amides is 2. The normalized spacial score (nSPS) is 13.6. The number of carbonyl (C=O) groups is 2. The lowest BCUT2D eigenvalue weighted by Crippen LogP contribution is -2.31. The fraction of sp³-hybridized carbons (Fsp3) is 0.333. The van der Waals surface area contributed by atoms with Gasteiger partial charge in [0, 0.05) is 43.2 Å². The third kappa shape index (κ3) is 4.07. The van der Waals surface area contributed by atoms with Crippen molar-refractivity contribution in [2.75, 3.05) is 32.7 Å². The number of benzene rings is 2. The first kappa shape index (κ1) is 20.0. The standard InChI is InChI=1S/C21H23ClN2O4/c1-23(13-14-6-8-16(27-2)12-19(14)28-3)21(26)17-9-7-15(22)11-18(17)24-10-4-5-20(24)25/h6-9,11-12H,4-5,10,13H2,1-3H3. The van der Waals surface area contributed by atoms with Gasteiger partial charge in [0.25, 0.3) is 5.91 Å². The molecule has 0 unspecified atom stereocenters. The zero-order valence-corrected chi connectivity index (χ0v) is 17.0. The van der Waals surface area contributed by atoms with Crippen LogP contribution in [0.3, 0.4) is 0 Å². The summed E-state index contributed by atoms with van der Waals surface area (Å²) in [5.41, 5.74) is 1.87. The Morgan fingerprint density at radius 2 is 1.96 bits per heavy atom. The quantitative estimate of drug-likeness (QED) is 0.738. The van der Waals surface area contributed by atoms with Crippen molar-refractivity contribution in [1.29, 1.82) is 0 Å². The number of anilines is 1. The van der Waals surface area contributed by atoms with Gasteiger partial charge in [-0.15, -0.1) is 0 Å². The molecule has 1 aliphatic rings. The summed E-state index contributed by atoms with van der Waals surface area (Å²) in [6, 6.07) is 10.5. The SMILES string of the molecule is COc1ccc(CN(C)C(=O)c2ccc(Cl)cc2N2CCCC2=O)c(OC)c1. The molecule has 3 rings (SSSR count). The van der Waals surface area contributed by atoms with Gasteiger partial charge in [0.1, 0.15) is 11.5 Å². The zero-order chi connectivity index (χ0) is 20.3. The molecule has 148 valence electrons. The van der Waals surface area contributed by atoms with E-state index in [-0.39, 0.29) is 11.8 Å². The van der Waals surface area contributed by atoms with Gasteiger partial charge in [-0.1, -0.05) is 11.6 Å². The average Bonchev–Trinajstić information content (AvgIpc) is 3.13. The molecule has 0 spiro atoms. The van der Waals surface area contributed by atoms with Gasteiger partial charge >= 0.3 is 0 Å². The highest BCUT2D eigenvalue weighted by atomic mass is 35.5. The second-order valence-electron chi connectivity index (χ2n) is 6.65. The van der Waals surface area contributed by atoms with Crippen LogP contribution in [0.1, 0.15) is 28.8 Å². The third-order valence-electron chi connectivity index (χ3n) is 4.80. The Hall–Kier alpha value is -2.73. The van der Waals surface area contributed by atoms with Crippen molar-refractivity contribution in [1.82, 2.24) is 4.90 Å². The Bertz CT molecular complexity index is 900. The predicted molar refractivity (Wildman–Crippen MR) is 108 cm³/mol. The maximum absolute atomic E-state index is 13.1. The number of rotatable bonds is 6. The van der Waals surface area contributed by atoms with Crippen LogP contribution in [0.5, 0.6) is 11.5 Å². The second kappa shape index (κ2) is 8.52. The van der Waals surface area contributed by atoms with Gasteiger partial charge in [-0.25, -0.2) is 0 Å². The zero-order valence-electron chi connectivity index (χ0n) is 16.2. The lowest BCUT2D eigenvalue weighted by atomic mass is 10.1. The largest absolute Gasteiger partial charge is 0.497 e. The summed E-state index contributed by atoms with van der Waals surface area (Å²) in [5.74, 6) is 1.15. The maximum atomic E-state index is 13.1. The van der Waals surface area contributed by atoms with E-state index in [9.17, 15) is 9.59 Å². The van der Waals surface area contributed by atoms with E-state index >= 15 is 0 Å². The minimum atomic E-state index is -0.191. The topological polar surface area (TPSA) is 59.1 Å². The molecule has 0 bridgehead atoms.